The van der Waals surface area contributed by atoms with Gasteiger partial charge in [-0.05, 0) is 30.7 Å². The lowest BCUT2D eigenvalue weighted by atomic mass is 10.1. The second kappa shape index (κ2) is 6.56. The number of nitrogens with zero attached hydrogens (tertiary/aromatic N) is 1. The van der Waals surface area contributed by atoms with Crippen LogP contribution >= 0.6 is 0 Å². The van der Waals surface area contributed by atoms with E-state index in [-0.39, 0.29) is 18.1 Å². The van der Waals surface area contributed by atoms with Crippen molar-refractivity contribution in [2.24, 2.45) is 0 Å². The minimum atomic E-state index is -1.05. The minimum absolute atomic E-state index is 0.0900. The van der Waals surface area contributed by atoms with Gasteiger partial charge >= 0.3 is 5.97 Å². The van der Waals surface area contributed by atoms with Crippen molar-refractivity contribution in [2.45, 2.75) is 6.92 Å². The van der Waals surface area contributed by atoms with Gasteiger partial charge in [0.2, 0.25) is 5.88 Å². The number of aromatic carboxylic acids is 1. The Bertz CT molecular complexity index is 584. The van der Waals surface area contributed by atoms with Crippen LogP contribution in [0, 0.1) is 6.92 Å². The molecule has 0 aliphatic heterocycles. The molecule has 2 rings (SSSR count). The number of aryl methyl sites for hydroxylation is 1. The third-order valence-electron chi connectivity index (χ3n) is 2.67. The molecule has 1 N–H and O–H groups in total. The molecule has 5 heteroatoms. The first-order chi connectivity index (χ1) is 9.68. The number of pyridine rings is 1. The van der Waals surface area contributed by atoms with E-state index in [4.69, 9.17) is 14.6 Å². The van der Waals surface area contributed by atoms with Crippen LogP contribution in [0.2, 0.25) is 0 Å². The maximum Gasteiger partial charge on any atom is 0.341 e. The third-order valence-corrected chi connectivity index (χ3v) is 2.67. The van der Waals surface area contributed by atoms with Gasteiger partial charge in [-0.2, -0.15) is 0 Å². The van der Waals surface area contributed by atoms with E-state index < -0.39 is 5.97 Å². The van der Waals surface area contributed by atoms with Crippen LogP contribution in [0.3, 0.4) is 0 Å². The lowest BCUT2D eigenvalue weighted by Crippen LogP contribution is -2.13. The summed E-state index contributed by atoms with van der Waals surface area (Å²) in [5.74, 6) is -0.185. The Morgan fingerprint density at radius 2 is 1.85 bits per heavy atom. The first-order valence-electron chi connectivity index (χ1n) is 6.18. The van der Waals surface area contributed by atoms with Gasteiger partial charge in [0, 0.05) is 6.20 Å². The van der Waals surface area contributed by atoms with Crippen molar-refractivity contribution in [1.82, 2.24) is 4.98 Å². The summed E-state index contributed by atoms with van der Waals surface area (Å²) in [5, 5.41) is 9.13. The van der Waals surface area contributed by atoms with E-state index in [0.717, 1.165) is 5.75 Å². The summed E-state index contributed by atoms with van der Waals surface area (Å²) in [5.41, 5.74) is 0.707. The Hall–Kier alpha value is -2.56. The van der Waals surface area contributed by atoms with Crippen LogP contribution in [0.25, 0.3) is 0 Å². The standard InChI is InChI=1S/C15H15NO4/c1-11-7-8-16-14(13(11)15(17)18)20-10-9-19-12-5-3-2-4-6-12/h2-8H,9-10H2,1H3,(H,17,18). The highest BCUT2D eigenvalue weighted by molar-refractivity contribution is 5.91. The molecule has 2 aromatic rings. The van der Waals surface area contributed by atoms with Crippen LogP contribution in [0.1, 0.15) is 15.9 Å². The molecule has 0 amide bonds. The van der Waals surface area contributed by atoms with Crippen LogP contribution in [-0.4, -0.2) is 29.3 Å². The smallest absolute Gasteiger partial charge is 0.341 e. The molecular weight excluding hydrogens is 258 g/mol. The van der Waals surface area contributed by atoms with E-state index in [1.54, 1.807) is 13.0 Å². The van der Waals surface area contributed by atoms with Crippen molar-refractivity contribution in [3.8, 4) is 11.6 Å². The number of carboxylic acids is 1. The van der Waals surface area contributed by atoms with Crippen molar-refractivity contribution in [3.05, 3.63) is 53.7 Å². The molecule has 0 atom stereocenters. The Labute approximate surface area is 116 Å². The molecule has 0 bridgehead atoms. The van der Waals surface area contributed by atoms with E-state index in [2.05, 4.69) is 4.98 Å². The van der Waals surface area contributed by atoms with E-state index in [0.29, 0.717) is 12.2 Å². The van der Waals surface area contributed by atoms with Gasteiger partial charge < -0.3 is 14.6 Å². The zero-order valence-corrected chi connectivity index (χ0v) is 11.1. The molecule has 0 unspecified atom stereocenters. The second-order valence-electron chi connectivity index (χ2n) is 4.12. The van der Waals surface area contributed by atoms with Crippen molar-refractivity contribution < 1.29 is 19.4 Å². The summed E-state index contributed by atoms with van der Waals surface area (Å²) < 4.78 is 10.8. The predicted octanol–water partition coefficient (Wildman–Crippen LogP) is 2.55. The summed E-state index contributed by atoms with van der Waals surface area (Å²) in [6, 6.07) is 11.0. The molecule has 0 spiro atoms. The van der Waals surface area contributed by atoms with Gasteiger partial charge in [-0.1, -0.05) is 18.2 Å². The fourth-order valence-electron chi connectivity index (χ4n) is 1.72. The van der Waals surface area contributed by atoms with Gasteiger partial charge in [0.25, 0.3) is 0 Å². The summed E-state index contributed by atoms with van der Waals surface area (Å²) in [6.07, 6.45) is 1.52. The summed E-state index contributed by atoms with van der Waals surface area (Å²) in [7, 11) is 0. The molecule has 5 nitrogen and oxygen atoms in total. The first-order valence-corrected chi connectivity index (χ1v) is 6.18. The number of para-hydroxylation sites is 1. The number of rotatable bonds is 6. The largest absolute Gasteiger partial charge is 0.490 e. The quantitative estimate of drug-likeness (QED) is 0.819. The Morgan fingerprint density at radius 1 is 1.15 bits per heavy atom. The first kappa shape index (κ1) is 13.9. The Kier molecular flexibility index (Phi) is 4.55. The van der Waals surface area contributed by atoms with Crippen LogP contribution in [0.4, 0.5) is 0 Å². The third kappa shape index (κ3) is 3.47. The number of carbonyl (C=O) groups is 1. The van der Waals surface area contributed by atoms with E-state index in [1.807, 2.05) is 30.3 Å². The average molecular weight is 273 g/mol. The monoisotopic (exact) mass is 273 g/mol. The molecule has 1 aromatic heterocycles. The molecule has 1 aromatic carbocycles. The fraction of sp³-hybridized carbons (Fsp3) is 0.200. The lowest BCUT2D eigenvalue weighted by molar-refractivity contribution is 0.0689. The van der Waals surface area contributed by atoms with Crippen molar-refractivity contribution >= 4 is 5.97 Å². The van der Waals surface area contributed by atoms with E-state index in [9.17, 15) is 4.79 Å². The SMILES string of the molecule is Cc1ccnc(OCCOc2ccccc2)c1C(=O)O. The minimum Gasteiger partial charge on any atom is -0.490 e. The highest BCUT2D eigenvalue weighted by Gasteiger charge is 2.15. The average Bonchev–Trinajstić information content (AvgIpc) is 2.44. The van der Waals surface area contributed by atoms with Gasteiger partial charge in [-0.15, -0.1) is 0 Å². The second-order valence-corrected chi connectivity index (χ2v) is 4.12. The Balaban J connectivity index is 1.92. The Morgan fingerprint density at radius 3 is 2.55 bits per heavy atom. The molecule has 0 aliphatic carbocycles. The number of benzene rings is 1. The van der Waals surface area contributed by atoms with Crippen LogP contribution in [0.15, 0.2) is 42.6 Å². The zero-order chi connectivity index (χ0) is 14.4. The molecule has 104 valence electrons. The van der Waals surface area contributed by atoms with Gasteiger partial charge in [0.05, 0.1) is 0 Å². The maximum absolute atomic E-state index is 11.1. The van der Waals surface area contributed by atoms with Gasteiger partial charge in [0.1, 0.15) is 24.5 Å². The molecule has 0 saturated heterocycles. The molecule has 0 aliphatic rings. The normalized spacial score (nSPS) is 10.1. The molecular formula is C15H15NO4. The predicted molar refractivity (Wildman–Crippen MR) is 73.4 cm³/mol. The molecule has 0 radical (unpaired) electrons. The number of carboxylic acid groups (broad SMARTS) is 1. The number of aromatic nitrogens is 1. The van der Waals surface area contributed by atoms with Gasteiger partial charge in [0.15, 0.2) is 0 Å². The van der Waals surface area contributed by atoms with Crippen LogP contribution < -0.4 is 9.47 Å². The van der Waals surface area contributed by atoms with Crippen LogP contribution in [0.5, 0.6) is 11.6 Å². The van der Waals surface area contributed by atoms with E-state index >= 15 is 0 Å². The molecule has 0 fully saturated rings. The molecule has 1 heterocycles. The van der Waals surface area contributed by atoms with Crippen LogP contribution in [-0.2, 0) is 0 Å². The highest BCUT2D eigenvalue weighted by atomic mass is 16.5. The number of hydrogen-bond donors (Lipinski definition) is 1. The number of hydrogen-bond acceptors (Lipinski definition) is 4. The lowest BCUT2D eigenvalue weighted by Gasteiger charge is -2.10. The molecule has 0 saturated carbocycles. The topological polar surface area (TPSA) is 68.7 Å². The zero-order valence-electron chi connectivity index (χ0n) is 11.1. The summed E-state index contributed by atoms with van der Waals surface area (Å²) in [4.78, 5) is 15.1. The fourth-order valence-corrected chi connectivity index (χ4v) is 1.72. The maximum atomic E-state index is 11.1. The van der Waals surface area contributed by atoms with Gasteiger partial charge in [-0.3, -0.25) is 0 Å². The number of ether oxygens (including phenoxy) is 2. The molecule has 20 heavy (non-hydrogen) atoms. The van der Waals surface area contributed by atoms with Crippen molar-refractivity contribution in [3.63, 3.8) is 0 Å². The summed E-state index contributed by atoms with van der Waals surface area (Å²) >= 11 is 0. The van der Waals surface area contributed by atoms with Gasteiger partial charge in [-0.25, -0.2) is 9.78 Å². The van der Waals surface area contributed by atoms with Crippen molar-refractivity contribution in [1.29, 1.82) is 0 Å². The highest BCUT2D eigenvalue weighted by Crippen LogP contribution is 2.18. The summed E-state index contributed by atoms with van der Waals surface area (Å²) in [6.45, 7) is 2.25. The van der Waals surface area contributed by atoms with Crippen molar-refractivity contribution in [2.75, 3.05) is 13.2 Å². The van der Waals surface area contributed by atoms with E-state index in [1.165, 1.54) is 6.20 Å².